The molecule has 1 N–H and O–H groups in total. The molecule has 0 saturated heterocycles. The summed E-state index contributed by atoms with van der Waals surface area (Å²) in [4.78, 5) is 16.1. The summed E-state index contributed by atoms with van der Waals surface area (Å²) in [5.74, 6) is -0.627. The molecule has 1 atom stereocenters. The predicted molar refractivity (Wildman–Crippen MR) is 76.9 cm³/mol. The Morgan fingerprint density at radius 1 is 1.45 bits per heavy atom. The number of amides is 1. The van der Waals surface area contributed by atoms with Crippen molar-refractivity contribution in [3.63, 3.8) is 0 Å². The number of rotatable bonds is 4. The Kier molecular flexibility index (Phi) is 3.80. The quantitative estimate of drug-likeness (QED) is 0.925. The largest absolute Gasteiger partial charge is 0.334 e. The molecular weight excluding hydrogens is 278 g/mol. The summed E-state index contributed by atoms with van der Waals surface area (Å²) in [5.41, 5.74) is 1.82. The molecule has 0 saturated carbocycles. The molecule has 2 aromatic rings. The standard InChI is InChI=1S/C13H17N3O3S/c1-4-9(2)20(18,19)15-13(17)10-5-6-12-11(7-10)14-8-16(12)3/h5-9H,4H2,1-3H3,(H,15,17). The molecule has 2 rings (SSSR count). The number of aromatic nitrogens is 2. The van der Waals surface area contributed by atoms with Crippen molar-refractivity contribution in [3.05, 3.63) is 30.1 Å². The van der Waals surface area contributed by atoms with Crippen molar-refractivity contribution in [2.75, 3.05) is 0 Å². The molecule has 0 aliphatic rings. The number of nitrogens with one attached hydrogen (secondary N) is 1. The zero-order valence-corrected chi connectivity index (χ0v) is 12.4. The van der Waals surface area contributed by atoms with Crippen molar-refractivity contribution in [3.8, 4) is 0 Å². The first-order valence-electron chi connectivity index (χ1n) is 6.32. The highest BCUT2D eigenvalue weighted by Crippen LogP contribution is 2.14. The molecule has 0 radical (unpaired) electrons. The fraction of sp³-hybridized carbons (Fsp3) is 0.385. The van der Waals surface area contributed by atoms with Crippen LogP contribution in [0.5, 0.6) is 0 Å². The highest BCUT2D eigenvalue weighted by atomic mass is 32.2. The molecule has 1 aromatic carbocycles. The topological polar surface area (TPSA) is 81.1 Å². The lowest BCUT2D eigenvalue weighted by Crippen LogP contribution is -2.36. The third-order valence-corrected chi connectivity index (χ3v) is 5.19. The van der Waals surface area contributed by atoms with Gasteiger partial charge >= 0.3 is 0 Å². The molecule has 20 heavy (non-hydrogen) atoms. The van der Waals surface area contributed by atoms with Gasteiger partial charge in [-0.25, -0.2) is 18.1 Å². The summed E-state index contributed by atoms with van der Waals surface area (Å²) in [5, 5.41) is -0.606. The molecule has 0 spiro atoms. The van der Waals surface area contributed by atoms with E-state index >= 15 is 0 Å². The van der Waals surface area contributed by atoms with E-state index < -0.39 is 21.2 Å². The minimum absolute atomic E-state index is 0.281. The van der Waals surface area contributed by atoms with E-state index in [9.17, 15) is 13.2 Å². The molecule has 0 bridgehead atoms. The van der Waals surface area contributed by atoms with Gasteiger partial charge in [-0.1, -0.05) is 6.92 Å². The van der Waals surface area contributed by atoms with Gasteiger partial charge in [0.2, 0.25) is 10.0 Å². The van der Waals surface area contributed by atoms with E-state index in [1.807, 2.05) is 11.6 Å². The van der Waals surface area contributed by atoms with E-state index in [1.54, 1.807) is 38.4 Å². The lowest BCUT2D eigenvalue weighted by Gasteiger charge is -2.11. The number of hydrogen-bond acceptors (Lipinski definition) is 4. The van der Waals surface area contributed by atoms with Crippen LogP contribution in [-0.4, -0.2) is 29.1 Å². The molecule has 0 fully saturated rings. The van der Waals surface area contributed by atoms with Gasteiger partial charge in [0.05, 0.1) is 22.6 Å². The molecule has 0 aliphatic heterocycles. The second kappa shape index (κ2) is 5.24. The van der Waals surface area contributed by atoms with Crippen LogP contribution < -0.4 is 4.72 Å². The monoisotopic (exact) mass is 295 g/mol. The van der Waals surface area contributed by atoms with Gasteiger partial charge in [-0.2, -0.15) is 0 Å². The van der Waals surface area contributed by atoms with Gasteiger partial charge in [-0.05, 0) is 31.5 Å². The Labute approximate surface area is 117 Å². The van der Waals surface area contributed by atoms with Gasteiger partial charge in [-0.3, -0.25) is 4.79 Å². The number of nitrogens with zero attached hydrogens (tertiary/aromatic N) is 2. The maximum atomic E-state index is 12.0. The zero-order valence-electron chi connectivity index (χ0n) is 11.6. The Bertz CT molecular complexity index is 749. The molecule has 6 nitrogen and oxygen atoms in total. The molecular formula is C13H17N3O3S. The van der Waals surface area contributed by atoms with Gasteiger partial charge in [0.1, 0.15) is 0 Å². The summed E-state index contributed by atoms with van der Waals surface area (Å²) in [7, 11) is -1.78. The number of hydrogen-bond donors (Lipinski definition) is 1. The number of aryl methyl sites for hydroxylation is 1. The van der Waals surface area contributed by atoms with E-state index in [4.69, 9.17) is 0 Å². The highest BCUT2D eigenvalue weighted by Gasteiger charge is 2.22. The molecule has 7 heteroatoms. The Morgan fingerprint density at radius 2 is 2.15 bits per heavy atom. The molecule has 0 aliphatic carbocycles. The number of carbonyl (C=O) groups excluding carboxylic acids is 1. The fourth-order valence-electron chi connectivity index (χ4n) is 1.79. The van der Waals surface area contributed by atoms with Crippen LogP contribution in [0.2, 0.25) is 0 Å². The summed E-state index contributed by atoms with van der Waals surface area (Å²) in [6.07, 6.45) is 2.09. The number of fused-ring (bicyclic) bond motifs is 1. The van der Waals surface area contributed by atoms with Gasteiger partial charge in [0.25, 0.3) is 5.91 Å². The number of sulfonamides is 1. The Morgan fingerprint density at radius 3 is 2.80 bits per heavy atom. The molecule has 1 unspecified atom stereocenters. The molecule has 1 aromatic heterocycles. The second-order valence-electron chi connectivity index (χ2n) is 4.75. The normalized spacial score (nSPS) is 13.3. The molecule has 1 amide bonds. The first-order chi connectivity index (χ1) is 9.35. The average molecular weight is 295 g/mol. The van der Waals surface area contributed by atoms with E-state index in [2.05, 4.69) is 9.71 Å². The Hall–Kier alpha value is -1.89. The van der Waals surface area contributed by atoms with Crippen molar-refractivity contribution >= 4 is 27.0 Å². The minimum Gasteiger partial charge on any atom is -0.334 e. The lowest BCUT2D eigenvalue weighted by molar-refractivity contribution is 0.0981. The van der Waals surface area contributed by atoms with Crippen molar-refractivity contribution in [1.82, 2.24) is 14.3 Å². The van der Waals surface area contributed by atoms with Crippen LogP contribution >= 0.6 is 0 Å². The Balaban J connectivity index is 2.28. The minimum atomic E-state index is -3.63. The van der Waals surface area contributed by atoms with Crippen LogP contribution in [0.1, 0.15) is 30.6 Å². The van der Waals surface area contributed by atoms with Crippen LogP contribution in [0.15, 0.2) is 24.5 Å². The van der Waals surface area contributed by atoms with Crippen LogP contribution in [0, 0.1) is 0 Å². The zero-order chi connectivity index (χ0) is 14.9. The second-order valence-corrected chi connectivity index (χ2v) is 6.85. The maximum absolute atomic E-state index is 12.0. The molecule has 1 heterocycles. The smallest absolute Gasteiger partial charge is 0.264 e. The highest BCUT2D eigenvalue weighted by molar-refractivity contribution is 7.90. The summed E-state index contributed by atoms with van der Waals surface area (Å²) in [6, 6.07) is 4.91. The fourth-order valence-corrected chi connectivity index (χ4v) is 2.80. The van der Waals surface area contributed by atoms with E-state index in [0.29, 0.717) is 11.9 Å². The van der Waals surface area contributed by atoms with E-state index in [-0.39, 0.29) is 5.56 Å². The number of imidazole rings is 1. The first-order valence-corrected chi connectivity index (χ1v) is 7.87. The van der Waals surface area contributed by atoms with Crippen molar-refractivity contribution in [1.29, 1.82) is 0 Å². The summed E-state index contributed by atoms with van der Waals surface area (Å²) < 4.78 is 27.6. The van der Waals surface area contributed by atoms with Gasteiger partial charge in [0.15, 0.2) is 0 Å². The summed E-state index contributed by atoms with van der Waals surface area (Å²) >= 11 is 0. The van der Waals surface area contributed by atoms with Gasteiger partial charge in [-0.15, -0.1) is 0 Å². The average Bonchev–Trinajstić information content (AvgIpc) is 2.78. The summed E-state index contributed by atoms with van der Waals surface area (Å²) in [6.45, 7) is 3.33. The first kappa shape index (κ1) is 14.5. The SMILES string of the molecule is CCC(C)S(=O)(=O)NC(=O)c1ccc2c(c1)ncn2C. The van der Waals surface area contributed by atoms with Crippen molar-refractivity contribution in [2.24, 2.45) is 7.05 Å². The molecule has 108 valence electrons. The van der Waals surface area contributed by atoms with E-state index in [1.165, 1.54) is 0 Å². The van der Waals surface area contributed by atoms with Gasteiger partial charge < -0.3 is 4.57 Å². The van der Waals surface area contributed by atoms with E-state index in [0.717, 1.165) is 5.52 Å². The van der Waals surface area contributed by atoms with Crippen LogP contribution in [0.25, 0.3) is 11.0 Å². The van der Waals surface area contributed by atoms with Gasteiger partial charge in [0, 0.05) is 12.6 Å². The van der Waals surface area contributed by atoms with Crippen molar-refractivity contribution < 1.29 is 13.2 Å². The third kappa shape index (κ3) is 2.67. The number of carbonyl (C=O) groups is 1. The number of benzene rings is 1. The van der Waals surface area contributed by atoms with Crippen molar-refractivity contribution in [2.45, 2.75) is 25.5 Å². The third-order valence-electron chi connectivity index (χ3n) is 3.33. The van der Waals surface area contributed by atoms with Crippen LogP contribution in [0.3, 0.4) is 0 Å². The van der Waals surface area contributed by atoms with Crippen LogP contribution in [0.4, 0.5) is 0 Å². The van der Waals surface area contributed by atoms with Crippen LogP contribution in [-0.2, 0) is 17.1 Å². The lowest BCUT2D eigenvalue weighted by atomic mass is 10.2. The maximum Gasteiger partial charge on any atom is 0.264 e. The predicted octanol–water partition coefficient (Wildman–Crippen LogP) is 1.43.